The minimum absolute atomic E-state index is 0.0576. The van der Waals surface area contributed by atoms with Crippen molar-refractivity contribution in [3.63, 3.8) is 0 Å². The first-order valence-corrected chi connectivity index (χ1v) is 10.9. The van der Waals surface area contributed by atoms with Crippen molar-refractivity contribution >= 4 is 40.7 Å². The van der Waals surface area contributed by atoms with E-state index >= 15 is 0 Å². The van der Waals surface area contributed by atoms with Crippen molar-refractivity contribution in [2.75, 3.05) is 22.1 Å². The van der Waals surface area contributed by atoms with Crippen molar-refractivity contribution in [2.24, 2.45) is 0 Å². The predicted molar refractivity (Wildman–Crippen MR) is 127 cm³/mol. The normalized spacial score (nSPS) is 16.0. The molecule has 0 spiro atoms. The highest BCUT2D eigenvalue weighted by Gasteiger charge is 2.47. The van der Waals surface area contributed by atoms with Crippen molar-refractivity contribution in [3.05, 3.63) is 89.5 Å². The molecular weight excluding hydrogens is 432 g/mol. The van der Waals surface area contributed by atoms with Gasteiger partial charge < -0.3 is 15.5 Å². The molecule has 8 heteroatoms. The Morgan fingerprint density at radius 1 is 0.794 bits per heavy atom. The maximum Gasteiger partial charge on any atom is 0.260 e. The number of nitrogens with one attached hydrogen (secondary N) is 2. The van der Waals surface area contributed by atoms with Crippen molar-refractivity contribution in [1.82, 2.24) is 4.90 Å². The summed E-state index contributed by atoms with van der Waals surface area (Å²) in [5, 5.41) is 5.49. The van der Waals surface area contributed by atoms with E-state index in [1.165, 1.54) is 6.92 Å². The third kappa shape index (κ3) is 3.69. The van der Waals surface area contributed by atoms with E-state index in [0.717, 1.165) is 5.56 Å². The SMILES string of the molecule is CC(=O)Nc1ccc(NC(=O)CCN2C(=O)c3ccccc3N3C(=O)c4ccccc4[C@H]23)cc1. The van der Waals surface area contributed by atoms with E-state index in [4.69, 9.17) is 0 Å². The summed E-state index contributed by atoms with van der Waals surface area (Å²) in [6.07, 6.45) is -0.530. The summed E-state index contributed by atoms with van der Waals surface area (Å²) in [5.74, 6) is -0.809. The van der Waals surface area contributed by atoms with Crippen LogP contribution in [0.3, 0.4) is 0 Å². The van der Waals surface area contributed by atoms with Crippen LogP contribution in [-0.2, 0) is 9.59 Å². The van der Waals surface area contributed by atoms with Crippen molar-refractivity contribution in [3.8, 4) is 0 Å². The summed E-state index contributed by atoms with van der Waals surface area (Å²) in [5.41, 5.74) is 3.55. The number of fused-ring (bicyclic) bond motifs is 5. The lowest BCUT2D eigenvalue weighted by atomic mass is 10.0. The maximum absolute atomic E-state index is 13.4. The van der Waals surface area contributed by atoms with Gasteiger partial charge in [0.05, 0.1) is 11.3 Å². The Morgan fingerprint density at radius 3 is 2.12 bits per heavy atom. The fourth-order valence-corrected chi connectivity index (χ4v) is 4.49. The van der Waals surface area contributed by atoms with Gasteiger partial charge in [0, 0.05) is 42.4 Å². The monoisotopic (exact) mass is 454 g/mol. The molecule has 0 fully saturated rings. The minimum atomic E-state index is -0.587. The fourth-order valence-electron chi connectivity index (χ4n) is 4.49. The summed E-state index contributed by atoms with van der Waals surface area (Å²) in [6, 6.07) is 21.1. The van der Waals surface area contributed by atoms with Crippen molar-refractivity contribution in [1.29, 1.82) is 0 Å². The summed E-state index contributed by atoms with van der Waals surface area (Å²) < 4.78 is 0. The van der Waals surface area contributed by atoms with Gasteiger partial charge in [0.2, 0.25) is 11.8 Å². The molecule has 5 rings (SSSR count). The molecule has 3 aromatic carbocycles. The minimum Gasteiger partial charge on any atom is -0.326 e. The van der Waals surface area contributed by atoms with Gasteiger partial charge in [-0.3, -0.25) is 24.1 Å². The number of nitrogens with zero attached hydrogens (tertiary/aromatic N) is 2. The average Bonchev–Trinajstić information content (AvgIpc) is 3.13. The standard InChI is InChI=1S/C26H22N4O4/c1-16(31)27-17-10-12-18(13-11-17)28-23(32)14-15-29-24-19-6-2-3-7-20(19)26(34)30(24)22-9-5-4-8-21(22)25(29)33/h2-13,24H,14-15H2,1H3,(H,27,31)(H,28,32)/t24-/m1/s1. The van der Waals surface area contributed by atoms with Gasteiger partial charge in [-0.1, -0.05) is 30.3 Å². The molecular formula is C26H22N4O4. The molecule has 2 aliphatic rings. The number of hydrogen-bond acceptors (Lipinski definition) is 4. The van der Waals surface area contributed by atoms with Gasteiger partial charge in [0.25, 0.3) is 11.8 Å². The molecule has 0 aliphatic carbocycles. The number of anilines is 3. The topological polar surface area (TPSA) is 98.8 Å². The second kappa shape index (κ2) is 8.47. The Morgan fingerprint density at radius 2 is 1.41 bits per heavy atom. The van der Waals surface area contributed by atoms with Gasteiger partial charge in [0.1, 0.15) is 6.17 Å². The van der Waals surface area contributed by atoms with Gasteiger partial charge in [0.15, 0.2) is 0 Å². The molecule has 0 bridgehead atoms. The zero-order valence-electron chi connectivity index (χ0n) is 18.4. The van der Waals surface area contributed by atoms with Gasteiger partial charge >= 0.3 is 0 Å². The first-order chi connectivity index (χ1) is 16.4. The van der Waals surface area contributed by atoms with E-state index in [1.54, 1.807) is 70.5 Å². The highest BCUT2D eigenvalue weighted by molar-refractivity contribution is 6.16. The van der Waals surface area contributed by atoms with Gasteiger partial charge in [-0.25, -0.2) is 0 Å². The highest BCUT2D eigenvalue weighted by atomic mass is 16.2. The molecule has 0 unspecified atom stereocenters. The third-order valence-corrected chi connectivity index (χ3v) is 5.95. The van der Waals surface area contributed by atoms with Crippen LogP contribution < -0.4 is 15.5 Å². The number of benzene rings is 3. The van der Waals surface area contributed by atoms with Crippen LogP contribution in [0.5, 0.6) is 0 Å². The van der Waals surface area contributed by atoms with E-state index in [0.29, 0.717) is 28.2 Å². The Labute approximate surface area is 196 Å². The third-order valence-electron chi connectivity index (χ3n) is 5.95. The lowest BCUT2D eigenvalue weighted by Gasteiger charge is -2.40. The molecule has 0 radical (unpaired) electrons. The molecule has 2 aliphatic heterocycles. The number of hydrogen-bond donors (Lipinski definition) is 2. The Kier molecular flexibility index (Phi) is 5.33. The van der Waals surface area contributed by atoms with Crippen LogP contribution in [0.25, 0.3) is 0 Å². The molecule has 170 valence electrons. The summed E-state index contributed by atoms with van der Waals surface area (Å²) in [7, 11) is 0. The van der Waals surface area contributed by atoms with Crippen LogP contribution in [0, 0.1) is 0 Å². The number of amides is 4. The van der Waals surface area contributed by atoms with Gasteiger partial charge in [-0.05, 0) is 42.5 Å². The summed E-state index contributed by atoms with van der Waals surface area (Å²) in [4.78, 5) is 53.7. The Bertz CT molecular complexity index is 1320. The van der Waals surface area contributed by atoms with Crippen LogP contribution in [0.1, 0.15) is 45.8 Å². The van der Waals surface area contributed by atoms with E-state index < -0.39 is 6.17 Å². The molecule has 1 atom stereocenters. The van der Waals surface area contributed by atoms with Crippen LogP contribution in [-0.4, -0.2) is 35.1 Å². The molecule has 34 heavy (non-hydrogen) atoms. The van der Waals surface area contributed by atoms with Crippen LogP contribution in [0.4, 0.5) is 17.1 Å². The highest BCUT2D eigenvalue weighted by Crippen LogP contribution is 2.45. The maximum atomic E-state index is 13.4. The first-order valence-electron chi connectivity index (χ1n) is 10.9. The lowest BCUT2D eigenvalue weighted by molar-refractivity contribution is -0.116. The number of carbonyl (C=O) groups is 4. The summed E-state index contributed by atoms with van der Waals surface area (Å²) >= 11 is 0. The lowest BCUT2D eigenvalue weighted by Crippen LogP contribution is -2.48. The summed E-state index contributed by atoms with van der Waals surface area (Å²) in [6.45, 7) is 1.57. The average molecular weight is 454 g/mol. The quantitative estimate of drug-likeness (QED) is 0.613. The molecule has 2 heterocycles. The zero-order valence-corrected chi connectivity index (χ0v) is 18.4. The van der Waals surface area contributed by atoms with E-state index in [2.05, 4.69) is 10.6 Å². The Hall–Kier alpha value is -4.46. The van der Waals surface area contributed by atoms with E-state index in [9.17, 15) is 19.2 Å². The Balaban J connectivity index is 1.36. The number of carbonyl (C=O) groups excluding carboxylic acids is 4. The van der Waals surface area contributed by atoms with Gasteiger partial charge in [-0.15, -0.1) is 0 Å². The predicted octanol–water partition coefficient (Wildman–Crippen LogP) is 3.79. The first kappa shape index (κ1) is 21.4. The number of rotatable bonds is 5. The van der Waals surface area contributed by atoms with Crippen LogP contribution >= 0.6 is 0 Å². The number of para-hydroxylation sites is 1. The largest absolute Gasteiger partial charge is 0.326 e. The van der Waals surface area contributed by atoms with Crippen molar-refractivity contribution < 1.29 is 19.2 Å². The van der Waals surface area contributed by atoms with Gasteiger partial charge in [-0.2, -0.15) is 0 Å². The zero-order chi connectivity index (χ0) is 23.8. The molecule has 8 nitrogen and oxygen atoms in total. The van der Waals surface area contributed by atoms with Crippen molar-refractivity contribution in [2.45, 2.75) is 19.5 Å². The fraction of sp³-hybridized carbons (Fsp3) is 0.154. The molecule has 0 saturated carbocycles. The second-order valence-electron chi connectivity index (χ2n) is 8.21. The molecule has 0 saturated heterocycles. The molecule has 3 aromatic rings. The molecule has 0 aromatic heterocycles. The van der Waals surface area contributed by atoms with E-state index in [1.807, 2.05) is 12.1 Å². The smallest absolute Gasteiger partial charge is 0.260 e. The van der Waals surface area contributed by atoms with E-state index in [-0.39, 0.29) is 36.6 Å². The molecule has 4 amide bonds. The van der Waals surface area contributed by atoms with Crippen LogP contribution in [0.2, 0.25) is 0 Å². The van der Waals surface area contributed by atoms with Crippen LogP contribution in [0.15, 0.2) is 72.8 Å². The molecule has 2 N–H and O–H groups in total. The second-order valence-corrected chi connectivity index (χ2v) is 8.21.